The van der Waals surface area contributed by atoms with E-state index >= 15 is 0 Å². The Labute approximate surface area is 146 Å². The van der Waals surface area contributed by atoms with Crippen molar-refractivity contribution in [3.63, 3.8) is 0 Å². The molecule has 1 unspecified atom stereocenters. The SMILES string of the molecule is CNc1cc(C2CCCN2C(=O)c2nccc3ccccc23)ccn1. The number of aromatic nitrogens is 2. The van der Waals surface area contributed by atoms with E-state index < -0.39 is 0 Å². The molecule has 1 fully saturated rings. The minimum Gasteiger partial charge on any atom is -0.373 e. The summed E-state index contributed by atoms with van der Waals surface area (Å²) in [6.07, 6.45) is 5.46. The summed E-state index contributed by atoms with van der Waals surface area (Å²) in [5.74, 6) is 0.821. The van der Waals surface area contributed by atoms with Crippen molar-refractivity contribution in [1.29, 1.82) is 0 Å². The molecule has 2 aromatic heterocycles. The van der Waals surface area contributed by atoms with E-state index in [4.69, 9.17) is 0 Å². The van der Waals surface area contributed by atoms with Crippen molar-refractivity contribution in [2.24, 2.45) is 0 Å². The molecule has 1 aromatic carbocycles. The molecule has 1 saturated heterocycles. The van der Waals surface area contributed by atoms with Gasteiger partial charge in [0.1, 0.15) is 11.5 Å². The number of carbonyl (C=O) groups is 1. The van der Waals surface area contributed by atoms with E-state index in [2.05, 4.69) is 15.3 Å². The van der Waals surface area contributed by atoms with Crippen molar-refractivity contribution >= 4 is 22.5 Å². The van der Waals surface area contributed by atoms with Gasteiger partial charge in [-0.1, -0.05) is 24.3 Å². The summed E-state index contributed by atoms with van der Waals surface area (Å²) in [6, 6.07) is 13.9. The van der Waals surface area contributed by atoms with Gasteiger partial charge in [0.05, 0.1) is 6.04 Å². The van der Waals surface area contributed by atoms with Crippen LogP contribution < -0.4 is 5.32 Å². The quantitative estimate of drug-likeness (QED) is 0.795. The molecule has 0 bridgehead atoms. The number of nitrogens with zero attached hydrogens (tertiary/aromatic N) is 3. The lowest BCUT2D eigenvalue weighted by Gasteiger charge is -2.25. The lowest BCUT2D eigenvalue weighted by atomic mass is 10.0. The molecule has 3 heterocycles. The first-order valence-electron chi connectivity index (χ1n) is 8.56. The zero-order chi connectivity index (χ0) is 17.2. The molecule has 25 heavy (non-hydrogen) atoms. The highest BCUT2D eigenvalue weighted by Gasteiger charge is 2.32. The van der Waals surface area contributed by atoms with E-state index in [0.717, 1.165) is 41.5 Å². The first-order valence-corrected chi connectivity index (χ1v) is 8.56. The molecule has 126 valence electrons. The Balaban J connectivity index is 1.71. The first-order chi connectivity index (χ1) is 12.3. The van der Waals surface area contributed by atoms with Crippen LogP contribution in [0, 0.1) is 0 Å². The highest BCUT2D eigenvalue weighted by Crippen LogP contribution is 2.34. The van der Waals surface area contributed by atoms with E-state index in [9.17, 15) is 4.79 Å². The van der Waals surface area contributed by atoms with Crippen LogP contribution in [0.3, 0.4) is 0 Å². The Kier molecular flexibility index (Phi) is 4.06. The average Bonchev–Trinajstić information content (AvgIpc) is 3.17. The minimum absolute atomic E-state index is 0.00196. The summed E-state index contributed by atoms with van der Waals surface area (Å²) in [7, 11) is 1.85. The number of likely N-dealkylation sites (tertiary alicyclic amines) is 1. The Morgan fingerprint density at radius 2 is 2.00 bits per heavy atom. The topological polar surface area (TPSA) is 58.1 Å². The van der Waals surface area contributed by atoms with Gasteiger partial charge < -0.3 is 10.2 Å². The summed E-state index contributed by atoms with van der Waals surface area (Å²) < 4.78 is 0. The van der Waals surface area contributed by atoms with E-state index in [1.165, 1.54) is 0 Å². The Morgan fingerprint density at radius 1 is 1.16 bits per heavy atom. The van der Waals surface area contributed by atoms with Gasteiger partial charge in [0, 0.05) is 31.4 Å². The zero-order valence-electron chi connectivity index (χ0n) is 14.1. The van der Waals surface area contributed by atoms with Crippen LogP contribution >= 0.6 is 0 Å². The number of hydrogen-bond acceptors (Lipinski definition) is 4. The summed E-state index contributed by atoms with van der Waals surface area (Å²) >= 11 is 0. The standard InChI is InChI=1S/C20H20N4O/c1-21-18-13-15(9-10-22-18)17-7-4-12-24(17)20(25)19-16-6-3-2-5-14(16)8-11-23-19/h2-3,5-6,8-11,13,17H,4,7,12H2,1H3,(H,21,22). The second kappa shape index (κ2) is 6.51. The van der Waals surface area contributed by atoms with Crippen LogP contribution in [-0.4, -0.2) is 34.4 Å². The van der Waals surface area contributed by atoms with Gasteiger partial charge in [-0.25, -0.2) is 4.98 Å². The number of benzene rings is 1. The van der Waals surface area contributed by atoms with Gasteiger partial charge in [0.2, 0.25) is 0 Å². The second-order valence-electron chi connectivity index (χ2n) is 6.26. The number of rotatable bonds is 3. The molecule has 5 heteroatoms. The number of pyridine rings is 2. The Morgan fingerprint density at radius 3 is 2.88 bits per heavy atom. The van der Waals surface area contributed by atoms with Gasteiger partial charge in [-0.2, -0.15) is 0 Å². The van der Waals surface area contributed by atoms with Gasteiger partial charge in [-0.3, -0.25) is 9.78 Å². The molecule has 1 N–H and O–H groups in total. The van der Waals surface area contributed by atoms with Crippen molar-refractivity contribution in [3.05, 3.63) is 66.1 Å². The molecule has 5 nitrogen and oxygen atoms in total. The molecular formula is C20H20N4O. The van der Waals surface area contributed by atoms with Crippen LogP contribution in [0.15, 0.2) is 54.9 Å². The molecule has 1 atom stereocenters. The van der Waals surface area contributed by atoms with E-state index in [1.54, 1.807) is 12.4 Å². The molecule has 1 amide bonds. The fourth-order valence-corrected chi connectivity index (χ4v) is 3.57. The largest absolute Gasteiger partial charge is 0.373 e. The fraction of sp³-hybridized carbons (Fsp3) is 0.250. The van der Waals surface area contributed by atoms with Gasteiger partial charge in [-0.05, 0) is 42.0 Å². The third-order valence-electron chi connectivity index (χ3n) is 4.81. The molecule has 3 aromatic rings. The molecule has 1 aliphatic heterocycles. The zero-order valence-corrected chi connectivity index (χ0v) is 14.1. The Bertz CT molecular complexity index is 919. The number of carbonyl (C=O) groups excluding carboxylic acids is 1. The lowest BCUT2D eigenvalue weighted by molar-refractivity contribution is 0.0732. The second-order valence-corrected chi connectivity index (χ2v) is 6.26. The van der Waals surface area contributed by atoms with Crippen LogP contribution in [0.1, 0.15) is 34.9 Å². The highest BCUT2D eigenvalue weighted by atomic mass is 16.2. The van der Waals surface area contributed by atoms with Crippen molar-refractivity contribution in [1.82, 2.24) is 14.9 Å². The van der Waals surface area contributed by atoms with Crippen LogP contribution in [0.4, 0.5) is 5.82 Å². The molecule has 0 radical (unpaired) electrons. The molecule has 0 aliphatic carbocycles. The van der Waals surface area contributed by atoms with Crippen LogP contribution in [0.25, 0.3) is 10.8 Å². The number of anilines is 1. The fourth-order valence-electron chi connectivity index (χ4n) is 3.57. The van der Waals surface area contributed by atoms with Crippen molar-refractivity contribution < 1.29 is 4.79 Å². The van der Waals surface area contributed by atoms with Crippen LogP contribution in [-0.2, 0) is 0 Å². The Hall–Kier alpha value is -2.95. The van der Waals surface area contributed by atoms with Gasteiger partial charge >= 0.3 is 0 Å². The molecule has 1 aliphatic rings. The molecular weight excluding hydrogens is 312 g/mol. The third-order valence-corrected chi connectivity index (χ3v) is 4.81. The van der Waals surface area contributed by atoms with E-state index in [1.807, 2.05) is 54.4 Å². The van der Waals surface area contributed by atoms with E-state index in [-0.39, 0.29) is 11.9 Å². The maximum Gasteiger partial charge on any atom is 0.273 e. The molecule has 0 spiro atoms. The number of amides is 1. The van der Waals surface area contributed by atoms with Gasteiger partial charge in [-0.15, -0.1) is 0 Å². The number of nitrogens with one attached hydrogen (secondary N) is 1. The lowest BCUT2D eigenvalue weighted by Crippen LogP contribution is -2.31. The van der Waals surface area contributed by atoms with Gasteiger partial charge in [0.25, 0.3) is 5.91 Å². The monoisotopic (exact) mass is 332 g/mol. The first kappa shape index (κ1) is 15.6. The summed E-state index contributed by atoms with van der Waals surface area (Å²) in [4.78, 5) is 23.8. The number of hydrogen-bond donors (Lipinski definition) is 1. The smallest absolute Gasteiger partial charge is 0.273 e. The maximum absolute atomic E-state index is 13.2. The summed E-state index contributed by atoms with van der Waals surface area (Å²) in [6.45, 7) is 0.756. The van der Waals surface area contributed by atoms with Gasteiger partial charge in [0.15, 0.2) is 0 Å². The summed E-state index contributed by atoms with van der Waals surface area (Å²) in [5, 5.41) is 5.01. The predicted molar refractivity (Wildman–Crippen MR) is 98.5 cm³/mol. The molecule has 0 saturated carbocycles. The van der Waals surface area contributed by atoms with E-state index in [0.29, 0.717) is 5.69 Å². The maximum atomic E-state index is 13.2. The van der Waals surface area contributed by atoms with Crippen molar-refractivity contribution in [2.45, 2.75) is 18.9 Å². The molecule has 4 rings (SSSR count). The average molecular weight is 332 g/mol. The van der Waals surface area contributed by atoms with Crippen molar-refractivity contribution in [3.8, 4) is 0 Å². The predicted octanol–water partition coefficient (Wildman–Crippen LogP) is 3.65. The van der Waals surface area contributed by atoms with Crippen molar-refractivity contribution in [2.75, 3.05) is 18.9 Å². The highest BCUT2D eigenvalue weighted by molar-refractivity contribution is 6.05. The third kappa shape index (κ3) is 2.82. The number of fused-ring (bicyclic) bond motifs is 1. The van der Waals surface area contributed by atoms with Crippen LogP contribution in [0.5, 0.6) is 0 Å². The minimum atomic E-state index is 0.00196. The van der Waals surface area contributed by atoms with Crippen LogP contribution in [0.2, 0.25) is 0 Å². The summed E-state index contributed by atoms with van der Waals surface area (Å²) in [5.41, 5.74) is 1.65. The normalized spacial score (nSPS) is 17.0.